The molecule has 0 heterocycles. The van der Waals surface area contributed by atoms with Crippen LogP contribution >= 0.6 is 0 Å². The molecule has 2 nitrogen and oxygen atoms in total. The molecule has 0 radical (unpaired) electrons. The van der Waals surface area contributed by atoms with E-state index in [1.54, 1.807) is 12.1 Å². The maximum atomic E-state index is 13.4. The predicted octanol–water partition coefficient (Wildman–Crippen LogP) is 3.97. The van der Waals surface area contributed by atoms with Gasteiger partial charge in [-0.25, -0.2) is 4.39 Å². The average molecular weight is 284 g/mol. The van der Waals surface area contributed by atoms with Crippen LogP contribution in [0.25, 0.3) is 0 Å². The first-order valence-corrected chi connectivity index (χ1v) is 7.51. The van der Waals surface area contributed by atoms with Crippen molar-refractivity contribution in [3.8, 4) is 0 Å². The second-order valence-corrected chi connectivity index (χ2v) is 5.75. The molecule has 1 aliphatic carbocycles. The quantitative estimate of drug-likeness (QED) is 0.924. The lowest BCUT2D eigenvalue weighted by atomic mass is 9.82. The molecule has 2 aromatic carbocycles. The number of benzene rings is 2. The van der Waals surface area contributed by atoms with Crippen LogP contribution in [0.3, 0.4) is 0 Å². The highest BCUT2D eigenvalue weighted by Crippen LogP contribution is 2.34. The van der Waals surface area contributed by atoms with E-state index in [1.165, 1.54) is 30.0 Å². The Morgan fingerprint density at radius 3 is 2.76 bits per heavy atom. The van der Waals surface area contributed by atoms with E-state index in [2.05, 4.69) is 18.2 Å². The van der Waals surface area contributed by atoms with E-state index < -0.39 is 0 Å². The van der Waals surface area contributed by atoms with Crippen LogP contribution in [0.2, 0.25) is 0 Å². The van der Waals surface area contributed by atoms with Crippen LogP contribution in [-0.4, -0.2) is 13.6 Å². The molecule has 0 spiro atoms. The third-order valence-corrected chi connectivity index (χ3v) is 4.43. The largest absolute Gasteiger partial charge is 0.345 e. The summed E-state index contributed by atoms with van der Waals surface area (Å²) in [6.07, 6.45) is 3.49. The van der Waals surface area contributed by atoms with Crippen LogP contribution in [0.15, 0.2) is 42.5 Å². The van der Waals surface area contributed by atoms with Gasteiger partial charge in [0.05, 0.1) is 0 Å². The molecular formula is C18H21FN2. The number of fused-ring (bicyclic) bond motifs is 1. The smallest absolute Gasteiger partial charge is 0.125 e. The van der Waals surface area contributed by atoms with Gasteiger partial charge in [0.15, 0.2) is 0 Å². The molecule has 0 aliphatic heterocycles. The first-order chi connectivity index (χ1) is 10.2. The monoisotopic (exact) mass is 284 g/mol. The summed E-state index contributed by atoms with van der Waals surface area (Å²) in [5.41, 5.74) is 10.6. The van der Waals surface area contributed by atoms with Gasteiger partial charge in [0.2, 0.25) is 0 Å². The standard InChI is InChI=1S/C18H21FN2/c1-21(16-7-3-6-15(19)11-16)17-8-9-18-13(10-17)4-2-5-14(18)12-20/h3,6-11,14H,2,4-5,12,20H2,1H3/t14-/m0/s1. The van der Waals surface area contributed by atoms with Crippen LogP contribution in [0.5, 0.6) is 0 Å². The van der Waals surface area contributed by atoms with Crippen LogP contribution in [0.4, 0.5) is 15.8 Å². The van der Waals surface area contributed by atoms with Gasteiger partial charge in [-0.3, -0.25) is 0 Å². The Morgan fingerprint density at radius 2 is 2.00 bits per heavy atom. The van der Waals surface area contributed by atoms with Crippen molar-refractivity contribution in [2.75, 3.05) is 18.5 Å². The van der Waals surface area contributed by atoms with Crippen molar-refractivity contribution < 1.29 is 4.39 Å². The molecule has 0 aromatic heterocycles. The molecule has 0 saturated carbocycles. The molecule has 1 aliphatic rings. The number of hydrogen-bond acceptors (Lipinski definition) is 2. The molecule has 0 bridgehead atoms. The third-order valence-electron chi connectivity index (χ3n) is 4.43. The Kier molecular flexibility index (Phi) is 3.93. The van der Waals surface area contributed by atoms with E-state index in [0.29, 0.717) is 12.5 Å². The van der Waals surface area contributed by atoms with Crippen molar-refractivity contribution in [3.05, 3.63) is 59.4 Å². The molecule has 0 unspecified atom stereocenters. The number of nitrogens with zero attached hydrogens (tertiary/aromatic N) is 1. The fourth-order valence-corrected chi connectivity index (χ4v) is 3.19. The summed E-state index contributed by atoms with van der Waals surface area (Å²) in [5.74, 6) is 0.280. The molecular weight excluding hydrogens is 263 g/mol. The van der Waals surface area contributed by atoms with Crippen molar-refractivity contribution in [2.45, 2.75) is 25.2 Å². The summed E-state index contributed by atoms with van der Waals surface area (Å²) < 4.78 is 13.4. The number of anilines is 2. The molecule has 2 N–H and O–H groups in total. The second-order valence-electron chi connectivity index (χ2n) is 5.75. The van der Waals surface area contributed by atoms with E-state index >= 15 is 0 Å². The zero-order valence-corrected chi connectivity index (χ0v) is 12.3. The van der Waals surface area contributed by atoms with Gasteiger partial charge in [0.1, 0.15) is 5.82 Å². The Hall–Kier alpha value is -1.87. The first-order valence-electron chi connectivity index (χ1n) is 7.51. The van der Waals surface area contributed by atoms with Crippen molar-refractivity contribution in [3.63, 3.8) is 0 Å². The number of rotatable bonds is 3. The Labute approximate surface area is 125 Å². The Bertz CT molecular complexity index is 639. The maximum Gasteiger partial charge on any atom is 0.125 e. The molecule has 3 rings (SSSR count). The second kappa shape index (κ2) is 5.86. The molecule has 1 atom stereocenters. The Balaban J connectivity index is 1.93. The summed E-state index contributed by atoms with van der Waals surface area (Å²) >= 11 is 0. The van der Waals surface area contributed by atoms with Gasteiger partial charge in [-0.1, -0.05) is 12.1 Å². The minimum absolute atomic E-state index is 0.208. The fraction of sp³-hybridized carbons (Fsp3) is 0.333. The molecule has 21 heavy (non-hydrogen) atoms. The summed E-state index contributed by atoms with van der Waals surface area (Å²) in [6, 6.07) is 13.2. The predicted molar refractivity (Wildman–Crippen MR) is 85.6 cm³/mol. The minimum atomic E-state index is -0.208. The van der Waals surface area contributed by atoms with Crippen LogP contribution in [-0.2, 0) is 6.42 Å². The fourth-order valence-electron chi connectivity index (χ4n) is 3.19. The summed E-state index contributed by atoms with van der Waals surface area (Å²) in [7, 11) is 1.97. The Morgan fingerprint density at radius 1 is 1.19 bits per heavy atom. The van der Waals surface area contributed by atoms with E-state index in [1.807, 2.05) is 18.0 Å². The van der Waals surface area contributed by atoms with Gasteiger partial charge in [-0.15, -0.1) is 0 Å². The zero-order chi connectivity index (χ0) is 14.8. The highest BCUT2D eigenvalue weighted by molar-refractivity contribution is 5.64. The maximum absolute atomic E-state index is 13.4. The molecule has 0 amide bonds. The normalized spacial score (nSPS) is 17.4. The van der Waals surface area contributed by atoms with Crippen LogP contribution in [0.1, 0.15) is 29.9 Å². The highest BCUT2D eigenvalue weighted by atomic mass is 19.1. The number of hydrogen-bond donors (Lipinski definition) is 1. The molecule has 110 valence electrons. The summed E-state index contributed by atoms with van der Waals surface area (Å²) in [4.78, 5) is 2.02. The van der Waals surface area contributed by atoms with Crippen molar-refractivity contribution in [2.24, 2.45) is 5.73 Å². The van der Waals surface area contributed by atoms with Crippen molar-refractivity contribution in [1.29, 1.82) is 0 Å². The van der Waals surface area contributed by atoms with E-state index in [-0.39, 0.29) is 5.82 Å². The SMILES string of the molecule is CN(c1cccc(F)c1)c1ccc2c(c1)CCC[C@H]2CN. The van der Waals surface area contributed by atoms with Crippen LogP contribution in [0, 0.1) is 5.82 Å². The third kappa shape index (κ3) is 2.79. The van der Waals surface area contributed by atoms with Crippen molar-refractivity contribution >= 4 is 11.4 Å². The lowest BCUT2D eigenvalue weighted by Gasteiger charge is -2.27. The van der Waals surface area contributed by atoms with E-state index in [0.717, 1.165) is 17.8 Å². The number of aryl methyl sites for hydroxylation is 1. The highest BCUT2D eigenvalue weighted by Gasteiger charge is 2.19. The molecule has 0 saturated heterocycles. The first kappa shape index (κ1) is 14.1. The van der Waals surface area contributed by atoms with Crippen LogP contribution < -0.4 is 10.6 Å². The van der Waals surface area contributed by atoms with Crippen molar-refractivity contribution in [1.82, 2.24) is 0 Å². The molecule has 3 heteroatoms. The summed E-state index contributed by atoms with van der Waals surface area (Å²) in [5, 5.41) is 0. The zero-order valence-electron chi connectivity index (χ0n) is 12.3. The lowest BCUT2D eigenvalue weighted by Crippen LogP contribution is -2.19. The van der Waals surface area contributed by atoms with Gasteiger partial charge in [0, 0.05) is 18.4 Å². The van der Waals surface area contributed by atoms with Gasteiger partial charge in [-0.2, -0.15) is 0 Å². The van der Waals surface area contributed by atoms with E-state index in [4.69, 9.17) is 5.73 Å². The molecule has 0 fully saturated rings. The van der Waals surface area contributed by atoms with Gasteiger partial charge < -0.3 is 10.6 Å². The van der Waals surface area contributed by atoms with Gasteiger partial charge in [0.25, 0.3) is 0 Å². The van der Waals surface area contributed by atoms with Gasteiger partial charge in [-0.05, 0) is 73.2 Å². The molecule has 2 aromatic rings. The number of halogens is 1. The lowest BCUT2D eigenvalue weighted by molar-refractivity contribution is 0.561. The average Bonchev–Trinajstić information content (AvgIpc) is 2.53. The number of nitrogens with two attached hydrogens (primary N) is 1. The topological polar surface area (TPSA) is 29.3 Å². The van der Waals surface area contributed by atoms with Gasteiger partial charge >= 0.3 is 0 Å². The van der Waals surface area contributed by atoms with E-state index in [9.17, 15) is 4.39 Å². The summed E-state index contributed by atoms with van der Waals surface area (Å²) in [6.45, 7) is 0.714. The minimum Gasteiger partial charge on any atom is -0.345 e.